The lowest BCUT2D eigenvalue weighted by Gasteiger charge is -2.35. The van der Waals surface area contributed by atoms with Crippen molar-refractivity contribution in [3.63, 3.8) is 0 Å². The molecule has 3 nitrogen and oxygen atoms in total. The molecule has 1 aliphatic rings. The smallest absolute Gasteiger partial charge is 0.122 e. The van der Waals surface area contributed by atoms with Crippen molar-refractivity contribution in [2.24, 2.45) is 17.7 Å². The zero-order valence-electron chi connectivity index (χ0n) is 11.6. The minimum atomic E-state index is 0.176. The van der Waals surface area contributed by atoms with Crippen molar-refractivity contribution in [2.75, 3.05) is 0 Å². The van der Waals surface area contributed by atoms with Gasteiger partial charge in [-0.3, -0.25) is 5.84 Å². The van der Waals surface area contributed by atoms with Gasteiger partial charge in [0.2, 0.25) is 0 Å². The monoisotopic (exact) mass is 250 g/mol. The summed E-state index contributed by atoms with van der Waals surface area (Å²) >= 11 is 0. The summed E-state index contributed by atoms with van der Waals surface area (Å²) < 4.78 is 5.89. The van der Waals surface area contributed by atoms with Crippen molar-refractivity contribution < 1.29 is 4.42 Å². The van der Waals surface area contributed by atoms with Gasteiger partial charge in [0.25, 0.3) is 0 Å². The Kier molecular flexibility index (Phi) is 4.84. The van der Waals surface area contributed by atoms with Crippen molar-refractivity contribution >= 4 is 0 Å². The van der Waals surface area contributed by atoms with Crippen LogP contribution in [0.3, 0.4) is 0 Å². The van der Waals surface area contributed by atoms with Crippen LogP contribution in [-0.2, 0) is 6.42 Å². The number of furan rings is 1. The third-order valence-corrected chi connectivity index (χ3v) is 4.44. The molecule has 0 amide bonds. The molecular formula is C15H26N2O. The van der Waals surface area contributed by atoms with E-state index in [4.69, 9.17) is 10.3 Å². The van der Waals surface area contributed by atoms with Crippen LogP contribution >= 0.6 is 0 Å². The summed E-state index contributed by atoms with van der Waals surface area (Å²) in [5.74, 6) is 9.25. The Morgan fingerprint density at radius 1 is 1.33 bits per heavy atom. The van der Waals surface area contributed by atoms with E-state index in [-0.39, 0.29) is 6.04 Å². The Hall–Kier alpha value is -0.800. The molecule has 2 rings (SSSR count). The van der Waals surface area contributed by atoms with Gasteiger partial charge in [0.05, 0.1) is 6.04 Å². The van der Waals surface area contributed by atoms with Crippen molar-refractivity contribution in [3.8, 4) is 0 Å². The molecular weight excluding hydrogens is 224 g/mol. The van der Waals surface area contributed by atoms with Gasteiger partial charge in [-0.25, -0.2) is 5.43 Å². The van der Waals surface area contributed by atoms with Gasteiger partial charge in [-0.05, 0) is 30.4 Å². The molecule has 0 aliphatic heterocycles. The Bertz CT molecular complexity index is 361. The Morgan fingerprint density at radius 2 is 2.11 bits per heavy atom. The van der Waals surface area contributed by atoms with Crippen molar-refractivity contribution in [3.05, 3.63) is 23.7 Å². The predicted octanol–water partition coefficient (Wildman–Crippen LogP) is 3.56. The maximum atomic E-state index is 5.89. The highest BCUT2D eigenvalue weighted by Crippen LogP contribution is 2.40. The lowest BCUT2D eigenvalue weighted by atomic mass is 9.73. The Balaban J connectivity index is 2.15. The summed E-state index contributed by atoms with van der Waals surface area (Å²) in [4.78, 5) is 0. The van der Waals surface area contributed by atoms with Crippen LogP contribution in [0, 0.1) is 11.8 Å². The van der Waals surface area contributed by atoms with Crippen molar-refractivity contribution in [2.45, 2.75) is 58.4 Å². The Labute approximate surface area is 110 Å². The molecule has 18 heavy (non-hydrogen) atoms. The fourth-order valence-electron chi connectivity index (χ4n) is 3.35. The summed E-state index contributed by atoms with van der Waals surface area (Å²) in [6.07, 6.45) is 7.46. The second kappa shape index (κ2) is 6.39. The van der Waals surface area contributed by atoms with Gasteiger partial charge in [-0.15, -0.1) is 0 Å². The SMILES string of the molecule is CCc1ccc(C(NN)C2CCCCC2CC)o1. The zero-order valence-corrected chi connectivity index (χ0v) is 11.6. The maximum absolute atomic E-state index is 5.89. The maximum Gasteiger partial charge on any atom is 0.122 e. The number of hydrazine groups is 1. The van der Waals surface area contributed by atoms with Crippen LogP contribution in [-0.4, -0.2) is 0 Å². The zero-order chi connectivity index (χ0) is 13.0. The standard InChI is InChI=1S/C15H26N2O/c1-3-11-7-5-6-8-13(11)15(17-16)14-10-9-12(4-2)18-14/h9-11,13,15,17H,3-8,16H2,1-2H3. The minimum absolute atomic E-state index is 0.176. The lowest BCUT2D eigenvalue weighted by Crippen LogP contribution is -2.37. The highest BCUT2D eigenvalue weighted by molar-refractivity contribution is 5.12. The van der Waals surface area contributed by atoms with Crippen LogP contribution < -0.4 is 11.3 Å². The van der Waals surface area contributed by atoms with Gasteiger partial charge < -0.3 is 4.42 Å². The largest absolute Gasteiger partial charge is 0.464 e. The normalized spacial score (nSPS) is 26.2. The van der Waals surface area contributed by atoms with E-state index in [1.54, 1.807) is 0 Å². The van der Waals surface area contributed by atoms with E-state index in [0.717, 1.165) is 23.9 Å². The van der Waals surface area contributed by atoms with Crippen molar-refractivity contribution in [1.29, 1.82) is 0 Å². The lowest BCUT2D eigenvalue weighted by molar-refractivity contribution is 0.160. The van der Waals surface area contributed by atoms with E-state index in [2.05, 4.69) is 31.4 Å². The molecule has 1 aromatic rings. The number of nitrogens with two attached hydrogens (primary N) is 1. The van der Waals surface area contributed by atoms with E-state index in [9.17, 15) is 0 Å². The fourth-order valence-corrected chi connectivity index (χ4v) is 3.35. The molecule has 3 unspecified atom stereocenters. The molecule has 0 radical (unpaired) electrons. The first-order valence-corrected chi connectivity index (χ1v) is 7.34. The summed E-state index contributed by atoms with van der Waals surface area (Å²) in [6, 6.07) is 4.34. The molecule has 1 aliphatic carbocycles. The molecule has 0 aromatic carbocycles. The first-order valence-electron chi connectivity index (χ1n) is 7.34. The summed E-state index contributed by atoms with van der Waals surface area (Å²) in [7, 11) is 0. The van der Waals surface area contributed by atoms with Crippen LogP contribution in [0.15, 0.2) is 16.5 Å². The van der Waals surface area contributed by atoms with E-state index in [0.29, 0.717) is 5.92 Å². The number of aryl methyl sites for hydroxylation is 1. The second-order valence-electron chi connectivity index (χ2n) is 5.42. The molecule has 3 heteroatoms. The van der Waals surface area contributed by atoms with E-state index < -0.39 is 0 Å². The molecule has 1 aromatic heterocycles. The predicted molar refractivity (Wildman–Crippen MR) is 73.9 cm³/mol. The van der Waals surface area contributed by atoms with Gasteiger partial charge >= 0.3 is 0 Å². The average molecular weight is 250 g/mol. The number of hydrogen-bond donors (Lipinski definition) is 2. The van der Waals surface area contributed by atoms with Gasteiger partial charge in [-0.2, -0.15) is 0 Å². The first kappa shape index (κ1) is 13.6. The molecule has 1 saturated carbocycles. The molecule has 102 valence electrons. The van der Waals surface area contributed by atoms with Gasteiger partial charge in [0, 0.05) is 6.42 Å². The minimum Gasteiger partial charge on any atom is -0.464 e. The van der Waals surface area contributed by atoms with Crippen LogP contribution in [0.4, 0.5) is 0 Å². The molecule has 1 heterocycles. The summed E-state index contributed by atoms with van der Waals surface area (Å²) in [6.45, 7) is 4.40. The quantitative estimate of drug-likeness (QED) is 0.620. The summed E-state index contributed by atoms with van der Waals surface area (Å²) in [5, 5.41) is 0. The van der Waals surface area contributed by atoms with E-state index >= 15 is 0 Å². The summed E-state index contributed by atoms with van der Waals surface area (Å²) in [5.41, 5.74) is 3.00. The van der Waals surface area contributed by atoms with Crippen molar-refractivity contribution in [1.82, 2.24) is 5.43 Å². The third kappa shape index (κ3) is 2.78. The number of hydrogen-bond acceptors (Lipinski definition) is 3. The number of rotatable bonds is 5. The van der Waals surface area contributed by atoms with Gasteiger partial charge in [-0.1, -0.05) is 39.5 Å². The molecule has 0 bridgehead atoms. The van der Waals surface area contributed by atoms with E-state index in [1.807, 2.05) is 0 Å². The number of nitrogens with one attached hydrogen (secondary N) is 1. The van der Waals surface area contributed by atoms with E-state index in [1.165, 1.54) is 32.1 Å². The van der Waals surface area contributed by atoms with Gasteiger partial charge in [0.15, 0.2) is 0 Å². The van der Waals surface area contributed by atoms with Crippen LogP contribution in [0.2, 0.25) is 0 Å². The first-order chi connectivity index (χ1) is 8.80. The molecule has 3 N–H and O–H groups in total. The van der Waals surface area contributed by atoms with Crippen LogP contribution in [0.5, 0.6) is 0 Å². The van der Waals surface area contributed by atoms with Crippen LogP contribution in [0.25, 0.3) is 0 Å². The van der Waals surface area contributed by atoms with Crippen LogP contribution in [0.1, 0.15) is 63.5 Å². The third-order valence-electron chi connectivity index (χ3n) is 4.44. The molecule has 0 saturated heterocycles. The molecule has 3 atom stereocenters. The highest BCUT2D eigenvalue weighted by Gasteiger charge is 2.32. The topological polar surface area (TPSA) is 51.2 Å². The highest BCUT2D eigenvalue weighted by atomic mass is 16.3. The van der Waals surface area contributed by atoms with Gasteiger partial charge in [0.1, 0.15) is 11.5 Å². The average Bonchev–Trinajstić information content (AvgIpc) is 2.89. The molecule has 1 fully saturated rings. The molecule has 0 spiro atoms. The fraction of sp³-hybridized carbons (Fsp3) is 0.733. The Morgan fingerprint density at radius 3 is 2.72 bits per heavy atom. The second-order valence-corrected chi connectivity index (χ2v) is 5.42.